The number of ether oxygens (including phenoxy) is 5. The molecule has 0 aliphatic heterocycles. The van der Waals surface area contributed by atoms with Gasteiger partial charge in [-0.3, -0.25) is 28.8 Å². The Kier molecular flexibility index (Phi) is 7.67. The zero-order chi connectivity index (χ0) is 30.8. The average Bonchev–Trinajstić information content (AvgIpc) is 2.99. The van der Waals surface area contributed by atoms with Crippen LogP contribution in [0.3, 0.4) is 0 Å². The number of Topliss-reactive ketones (excluding diaryl/α,β-unsaturated/α-hetero) is 1. The standard InChI is InChI=1S/C30H40O11/c1-13-19-10-20(37-14(2)31)24-29(9)22(39-16(4)33)11-21(38-15(3)32)28(7,8)25(29)23(40-17(5)34)27(41-18(6)35)30(24,12-19)26(13)36/h19-25,27H,1,10-12H2,2-9H3. The van der Waals surface area contributed by atoms with E-state index in [1.807, 2.05) is 20.8 Å². The van der Waals surface area contributed by atoms with Crippen molar-refractivity contribution in [3.05, 3.63) is 12.2 Å². The van der Waals surface area contributed by atoms with E-state index in [0.29, 0.717) is 12.0 Å². The first kappa shape index (κ1) is 30.7. The summed E-state index contributed by atoms with van der Waals surface area (Å²) in [6, 6.07) is 0. The van der Waals surface area contributed by atoms with E-state index < -0.39 is 88.4 Å². The minimum Gasteiger partial charge on any atom is -0.462 e. The maximum Gasteiger partial charge on any atom is 0.303 e. The van der Waals surface area contributed by atoms with E-state index in [2.05, 4.69) is 6.58 Å². The van der Waals surface area contributed by atoms with Gasteiger partial charge in [0.25, 0.3) is 0 Å². The van der Waals surface area contributed by atoms with Gasteiger partial charge in [0.15, 0.2) is 11.9 Å². The van der Waals surface area contributed by atoms with Gasteiger partial charge in [-0.15, -0.1) is 0 Å². The fourth-order valence-electron chi connectivity index (χ4n) is 9.10. The Morgan fingerprint density at radius 1 is 0.707 bits per heavy atom. The minimum absolute atomic E-state index is 0.0854. The molecule has 4 aliphatic rings. The van der Waals surface area contributed by atoms with Crippen LogP contribution in [0.15, 0.2) is 12.2 Å². The van der Waals surface area contributed by atoms with Crippen LogP contribution in [0.25, 0.3) is 0 Å². The SMILES string of the molecule is C=C1C(=O)C23CC1CC(OC(C)=O)C2C1(C)C(OC(C)=O)CC(OC(C)=O)C(C)(C)C1C(OC(C)=O)C3OC(C)=O. The van der Waals surface area contributed by atoms with Gasteiger partial charge in [-0.2, -0.15) is 0 Å². The molecule has 0 aromatic rings. The Labute approximate surface area is 239 Å². The lowest BCUT2D eigenvalue weighted by Crippen LogP contribution is -2.77. The Bertz CT molecular complexity index is 1200. The lowest BCUT2D eigenvalue weighted by molar-refractivity contribution is -0.310. The second-order valence-electron chi connectivity index (χ2n) is 12.9. The molecular formula is C30H40O11. The number of carbonyl (C=O) groups excluding carboxylic acids is 6. The molecule has 226 valence electrons. The van der Waals surface area contributed by atoms with Gasteiger partial charge in [0, 0.05) is 63.7 Å². The molecule has 11 nitrogen and oxygen atoms in total. The number of esters is 5. The average molecular weight is 577 g/mol. The lowest BCUT2D eigenvalue weighted by Gasteiger charge is -2.69. The summed E-state index contributed by atoms with van der Waals surface area (Å²) in [7, 11) is 0. The molecule has 0 radical (unpaired) electrons. The summed E-state index contributed by atoms with van der Waals surface area (Å²) >= 11 is 0. The minimum atomic E-state index is -1.49. The molecule has 10 unspecified atom stereocenters. The van der Waals surface area contributed by atoms with E-state index in [9.17, 15) is 28.8 Å². The number of allylic oxidation sites excluding steroid dienone is 1. The molecule has 0 heterocycles. The molecule has 0 amide bonds. The maximum absolute atomic E-state index is 14.4. The van der Waals surface area contributed by atoms with Crippen molar-refractivity contribution in [3.63, 3.8) is 0 Å². The monoisotopic (exact) mass is 576 g/mol. The third-order valence-electron chi connectivity index (χ3n) is 9.99. The normalized spacial score (nSPS) is 40.4. The predicted octanol–water partition coefficient (Wildman–Crippen LogP) is 2.86. The van der Waals surface area contributed by atoms with Gasteiger partial charge in [-0.05, 0) is 24.3 Å². The molecule has 4 fully saturated rings. The third-order valence-corrected chi connectivity index (χ3v) is 9.99. The molecule has 4 rings (SSSR count). The highest BCUT2D eigenvalue weighted by atomic mass is 16.6. The number of ketones is 1. The first-order valence-electron chi connectivity index (χ1n) is 14.0. The van der Waals surface area contributed by atoms with Crippen LogP contribution in [-0.2, 0) is 52.5 Å². The van der Waals surface area contributed by atoms with Crippen LogP contribution in [0.4, 0.5) is 0 Å². The van der Waals surface area contributed by atoms with Gasteiger partial charge < -0.3 is 23.7 Å². The molecule has 41 heavy (non-hydrogen) atoms. The van der Waals surface area contributed by atoms with Crippen molar-refractivity contribution in [1.29, 1.82) is 0 Å². The number of hydrogen-bond acceptors (Lipinski definition) is 11. The van der Waals surface area contributed by atoms with Crippen molar-refractivity contribution < 1.29 is 52.5 Å². The van der Waals surface area contributed by atoms with Crippen molar-refractivity contribution in [3.8, 4) is 0 Å². The highest BCUT2D eigenvalue weighted by Gasteiger charge is 2.80. The molecule has 0 N–H and O–H groups in total. The van der Waals surface area contributed by atoms with Gasteiger partial charge in [0.05, 0.1) is 5.41 Å². The summed E-state index contributed by atoms with van der Waals surface area (Å²) in [5.74, 6) is -5.43. The summed E-state index contributed by atoms with van der Waals surface area (Å²) in [5, 5.41) is 0. The number of carbonyl (C=O) groups is 6. The summed E-state index contributed by atoms with van der Waals surface area (Å²) in [6.07, 6.45) is -4.44. The van der Waals surface area contributed by atoms with E-state index in [1.54, 1.807) is 0 Å². The number of fused-ring (bicyclic) bond motifs is 3. The van der Waals surface area contributed by atoms with E-state index in [-0.39, 0.29) is 24.5 Å². The van der Waals surface area contributed by atoms with Gasteiger partial charge in [0.2, 0.25) is 0 Å². The Hall–Kier alpha value is -3.24. The van der Waals surface area contributed by atoms with E-state index in [0.717, 1.165) is 0 Å². The summed E-state index contributed by atoms with van der Waals surface area (Å²) in [6.45, 7) is 15.8. The quantitative estimate of drug-likeness (QED) is 0.270. The summed E-state index contributed by atoms with van der Waals surface area (Å²) < 4.78 is 29.6. The first-order valence-corrected chi connectivity index (χ1v) is 14.0. The number of rotatable bonds is 5. The van der Waals surface area contributed by atoms with E-state index >= 15 is 0 Å². The van der Waals surface area contributed by atoms with Gasteiger partial charge in [-0.1, -0.05) is 27.4 Å². The lowest BCUT2D eigenvalue weighted by atomic mass is 9.37. The van der Waals surface area contributed by atoms with Crippen LogP contribution < -0.4 is 0 Å². The van der Waals surface area contributed by atoms with Crippen LogP contribution >= 0.6 is 0 Å². The zero-order valence-corrected chi connectivity index (χ0v) is 24.9. The summed E-state index contributed by atoms with van der Waals surface area (Å²) in [4.78, 5) is 76.9. The largest absolute Gasteiger partial charge is 0.462 e. The first-order chi connectivity index (χ1) is 18.9. The van der Waals surface area contributed by atoms with Crippen LogP contribution in [0.1, 0.15) is 74.7 Å². The van der Waals surface area contributed by atoms with Gasteiger partial charge in [0.1, 0.15) is 24.4 Å². The second kappa shape index (κ2) is 10.2. The third kappa shape index (κ3) is 4.65. The van der Waals surface area contributed by atoms with Gasteiger partial charge >= 0.3 is 29.8 Å². The number of hydrogen-bond donors (Lipinski definition) is 0. The van der Waals surface area contributed by atoms with Crippen LogP contribution in [0.5, 0.6) is 0 Å². The van der Waals surface area contributed by atoms with Crippen molar-refractivity contribution in [2.24, 2.45) is 34.0 Å². The Morgan fingerprint density at radius 3 is 1.73 bits per heavy atom. The maximum atomic E-state index is 14.4. The van der Waals surface area contributed by atoms with Gasteiger partial charge in [-0.25, -0.2) is 0 Å². The van der Waals surface area contributed by atoms with Crippen molar-refractivity contribution in [2.45, 2.75) is 105 Å². The molecule has 10 atom stereocenters. The highest BCUT2D eigenvalue weighted by Crippen LogP contribution is 2.73. The van der Waals surface area contributed by atoms with Crippen LogP contribution in [0.2, 0.25) is 0 Å². The Balaban J connectivity index is 2.10. The topological polar surface area (TPSA) is 149 Å². The van der Waals surface area contributed by atoms with Crippen molar-refractivity contribution in [2.75, 3.05) is 0 Å². The molecule has 2 bridgehead atoms. The molecule has 0 aromatic carbocycles. The van der Waals surface area contributed by atoms with E-state index in [1.165, 1.54) is 34.6 Å². The Morgan fingerprint density at radius 2 is 1.22 bits per heavy atom. The summed E-state index contributed by atoms with van der Waals surface area (Å²) in [5.41, 5.74) is -3.32. The molecule has 11 heteroatoms. The molecule has 0 saturated heterocycles. The van der Waals surface area contributed by atoms with E-state index in [4.69, 9.17) is 23.7 Å². The highest BCUT2D eigenvalue weighted by molar-refractivity contribution is 6.04. The predicted molar refractivity (Wildman–Crippen MR) is 141 cm³/mol. The zero-order valence-electron chi connectivity index (χ0n) is 24.9. The van der Waals surface area contributed by atoms with Crippen LogP contribution in [-0.4, -0.2) is 66.1 Å². The molecule has 1 spiro atoms. The van der Waals surface area contributed by atoms with Crippen LogP contribution in [0, 0.1) is 34.0 Å². The molecule has 4 saturated carbocycles. The smallest absolute Gasteiger partial charge is 0.303 e. The van der Waals surface area contributed by atoms with Crippen molar-refractivity contribution in [1.82, 2.24) is 0 Å². The van der Waals surface area contributed by atoms with Crippen molar-refractivity contribution >= 4 is 35.6 Å². The molecule has 0 aromatic heterocycles. The molecule has 4 aliphatic carbocycles. The fraction of sp³-hybridized carbons (Fsp3) is 0.733. The fourth-order valence-corrected chi connectivity index (χ4v) is 9.10. The molecular weight excluding hydrogens is 536 g/mol. The second-order valence-corrected chi connectivity index (χ2v) is 12.9.